The summed E-state index contributed by atoms with van der Waals surface area (Å²) in [5.41, 5.74) is 3.69. The van der Waals surface area contributed by atoms with Crippen molar-refractivity contribution in [3.05, 3.63) is 90.0 Å². The Hall–Kier alpha value is -2.94. The van der Waals surface area contributed by atoms with Crippen molar-refractivity contribution in [2.45, 2.75) is 32.8 Å². The van der Waals surface area contributed by atoms with Crippen LogP contribution in [0.5, 0.6) is 11.5 Å². The van der Waals surface area contributed by atoms with Gasteiger partial charge in [0.15, 0.2) is 0 Å². The summed E-state index contributed by atoms with van der Waals surface area (Å²) in [6, 6.07) is 26.5. The predicted molar refractivity (Wildman–Crippen MR) is 116 cm³/mol. The Morgan fingerprint density at radius 3 is 1.96 bits per heavy atom. The standard InChI is InChI=1S/C25H29NO2/c1-25(2,3)21-9-13-23(14-10-21)27-18-17-26-22-11-15-24(16-12-22)28-19-20-7-5-4-6-8-20/h4-16,26H,17-19H2,1-3H3. The van der Waals surface area contributed by atoms with Gasteiger partial charge in [-0.1, -0.05) is 63.2 Å². The summed E-state index contributed by atoms with van der Waals surface area (Å²) in [6.45, 7) is 8.57. The van der Waals surface area contributed by atoms with Gasteiger partial charge in [0.25, 0.3) is 0 Å². The van der Waals surface area contributed by atoms with E-state index in [0.29, 0.717) is 13.2 Å². The van der Waals surface area contributed by atoms with Crippen LogP contribution in [0.15, 0.2) is 78.9 Å². The molecule has 1 N–H and O–H groups in total. The van der Waals surface area contributed by atoms with Crippen LogP contribution < -0.4 is 14.8 Å². The molecule has 0 aliphatic rings. The second-order valence-corrected chi connectivity index (χ2v) is 7.85. The van der Waals surface area contributed by atoms with Gasteiger partial charge >= 0.3 is 0 Å². The first-order chi connectivity index (χ1) is 13.5. The van der Waals surface area contributed by atoms with Crippen LogP contribution in [0.4, 0.5) is 5.69 Å². The summed E-state index contributed by atoms with van der Waals surface area (Å²) >= 11 is 0. The zero-order chi connectivity index (χ0) is 19.8. The van der Waals surface area contributed by atoms with Crippen molar-refractivity contribution in [2.75, 3.05) is 18.5 Å². The van der Waals surface area contributed by atoms with Crippen LogP contribution in [0.1, 0.15) is 31.9 Å². The van der Waals surface area contributed by atoms with Crippen molar-refractivity contribution in [2.24, 2.45) is 0 Å². The summed E-state index contributed by atoms with van der Waals surface area (Å²) in [5, 5.41) is 3.37. The first-order valence-corrected chi connectivity index (χ1v) is 9.75. The first-order valence-electron chi connectivity index (χ1n) is 9.75. The molecule has 0 saturated carbocycles. The Kier molecular flexibility index (Phi) is 6.59. The third-order valence-electron chi connectivity index (χ3n) is 4.52. The molecule has 0 amide bonds. The van der Waals surface area contributed by atoms with E-state index in [1.54, 1.807) is 0 Å². The molecular formula is C25H29NO2. The lowest BCUT2D eigenvalue weighted by molar-refractivity contribution is 0.306. The molecule has 3 nitrogen and oxygen atoms in total. The molecule has 0 aliphatic carbocycles. The van der Waals surface area contributed by atoms with E-state index in [2.05, 4.69) is 50.4 Å². The van der Waals surface area contributed by atoms with Crippen molar-refractivity contribution >= 4 is 5.69 Å². The molecule has 28 heavy (non-hydrogen) atoms. The topological polar surface area (TPSA) is 30.5 Å². The van der Waals surface area contributed by atoms with Gasteiger partial charge in [-0.2, -0.15) is 0 Å². The fourth-order valence-corrected chi connectivity index (χ4v) is 2.83. The van der Waals surface area contributed by atoms with Crippen molar-refractivity contribution < 1.29 is 9.47 Å². The number of hydrogen-bond acceptors (Lipinski definition) is 3. The van der Waals surface area contributed by atoms with Crippen LogP contribution in [0.25, 0.3) is 0 Å². The fourth-order valence-electron chi connectivity index (χ4n) is 2.83. The normalized spacial score (nSPS) is 11.1. The van der Waals surface area contributed by atoms with Gasteiger partial charge in [0.1, 0.15) is 24.7 Å². The van der Waals surface area contributed by atoms with Crippen molar-refractivity contribution in [1.29, 1.82) is 0 Å². The molecule has 3 heteroatoms. The maximum absolute atomic E-state index is 5.82. The zero-order valence-electron chi connectivity index (χ0n) is 16.9. The monoisotopic (exact) mass is 375 g/mol. The number of anilines is 1. The van der Waals surface area contributed by atoms with Gasteiger partial charge in [-0.15, -0.1) is 0 Å². The Labute approximate surface area is 168 Å². The molecule has 0 radical (unpaired) electrons. The predicted octanol–water partition coefficient (Wildman–Crippen LogP) is 6.05. The number of hydrogen-bond donors (Lipinski definition) is 1. The highest BCUT2D eigenvalue weighted by molar-refractivity contribution is 5.46. The summed E-state index contributed by atoms with van der Waals surface area (Å²) in [5.74, 6) is 1.77. The number of nitrogens with one attached hydrogen (secondary N) is 1. The van der Waals surface area contributed by atoms with Crippen LogP contribution in [-0.2, 0) is 12.0 Å². The van der Waals surface area contributed by atoms with Gasteiger partial charge in [0.05, 0.1) is 0 Å². The molecule has 3 aromatic rings. The summed E-state index contributed by atoms with van der Waals surface area (Å²) in [4.78, 5) is 0. The van der Waals surface area contributed by atoms with Crippen LogP contribution >= 0.6 is 0 Å². The van der Waals surface area contributed by atoms with Crippen LogP contribution in [0.3, 0.4) is 0 Å². The minimum atomic E-state index is 0.164. The average molecular weight is 376 g/mol. The Morgan fingerprint density at radius 2 is 1.32 bits per heavy atom. The molecule has 0 aliphatic heterocycles. The lowest BCUT2D eigenvalue weighted by atomic mass is 9.87. The Bertz CT molecular complexity index is 834. The molecule has 0 heterocycles. The van der Waals surface area contributed by atoms with Crippen LogP contribution in [0.2, 0.25) is 0 Å². The second-order valence-electron chi connectivity index (χ2n) is 7.85. The van der Waals surface area contributed by atoms with Crippen molar-refractivity contribution in [3.8, 4) is 11.5 Å². The van der Waals surface area contributed by atoms with Crippen molar-refractivity contribution in [3.63, 3.8) is 0 Å². The molecule has 0 saturated heterocycles. The number of rotatable bonds is 8. The highest BCUT2D eigenvalue weighted by atomic mass is 16.5. The number of ether oxygens (including phenoxy) is 2. The molecule has 0 spiro atoms. The van der Waals surface area contributed by atoms with Gasteiger partial charge in [-0.05, 0) is 52.9 Å². The maximum Gasteiger partial charge on any atom is 0.119 e. The zero-order valence-corrected chi connectivity index (χ0v) is 16.9. The van der Waals surface area contributed by atoms with E-state index < -0.39 is 0 Å². The SMILES string of the molecule is CC(C)(C)c1ccc(OCCNc2ccc(OCc3ccccc3)cc2)cc1. The molecule has 0 fully saturated rings. The molecule has 0 atom stereocenters. The second kappa shape index (κ2) is 9.32. The van der Waals surface area contributed by atoms with Crippen molar-refractivity contribution in [1.82, 2.24) is 0 Å². The van der Waals surface area contributed by atoms with E-state index in [0.717, 1.165) is 29.3 Å². The van der Waals surface area contributed by atoms with Gasteiger partial charge in [-0.25, -0.2) is 0 Å². The minimum absolute atomic E-state index is 0.164. The molecule has 146 valence electrons. The van der Waals surface area contributed by atoms with E-state index in [9.17, 15) is 0 Å². The van der Waals surface area contributed by atoms with E-state index in [-0.39, 0.29) is 5.41 Å². The number of benzene rings is 3. The third kappa shape index (κ3) is 6.05. The molecule has 3 aromatic carbocycles. The highest BCUT2D eigenvalue weighted by Crippen LogP contribution is 2.24. The smallest absolute Gasteiger partial charge is 0.119 e. The fraction of sp³-hybridized carbons (Fsp3) is 0.280. The molecule has 3 rings (SSSR count). The van der Waals surface area contributed by atoms with Gasteiger partial charge in [0, 0.05) is 12.2 Å². The van der Waals surface area contributed by atoms with Gasteiger partial charge < -0.3 is 14.8 Å². The quantitative estimate of drug-likeness (QED) is 0.486. The van der Waals surface area contributed by atoms with E-state index in [1.165, 1.54) is 5.56 Å². The van der Waals surface area contributed by atoms with Gasteiger partial charge in [-0.3, -0.25) is 0 Å². The molecule has 0 unspecified atom stereocenters. The van der Waals surface area contributed by atoms with E-state index in [4.69, 9.17) is 9.47 Å². The highest BCUT2D eigenvalue weighted by Gasteiger charge is 2.12. The lowest BCUT2D eigenvalue weighted by Crippen LogP contribution is -2.12. The average Bonchev–Trinajstić information content (AvgIpc) is 2.71. The van der Waals surface area contributed by atoms with Gasteiger partial charge in [0.2, 0.25) is 0 Å². The summed E-state index contributed by atoms with van der Waals surface area (Å²) in [7, 11) is 0. The van der Waals surface area contributed by atoms with E-state index in [1.807, 2.05) is 54.6 Å². The van der Waals surface area contributed by atoms with E-state index >= 15 is 0 Å². The third-order valence-corrected chi connectivity index (χ3v) is 4.52. The Morgan fingerprint density at radius 1 is 0.714 bits per heavy atom. The van der Waals surface area contributed by atoms with Crippen LogP contribution in [-0.4, -0.2) is 13.2 Å². The largest absolute Gasteiger partial charge is 0.492 e. The molecule has 0 aromatic heterocycles. The molecule has 0 bridgehead atoms. The Balaban J connectivity index is 1.39. The van der Waals surface area contributed by atoms with Crippen LogP contribution in [0, 0.1) is 0 Å². The first kappa shape index (κ1) is 19.8. The summed E-state index contributed by atoms with van der Waals surface area (Å²) in [6.07, 6.45) is 0. The summed E-state index contributed by atoms with van der Waals surface area (Å²) < 4.78 is 11.6. The lowest BCUT2D eigenvalue weighted by Gasteiger charge is -2.19. The minimum Gasteiger partial charge on any atom is -0.492 e. The molecular weight excluding hydrogens is 346 g/mol. The maximum atomic E-state index is 5.82.